The van der Waals surface area contributed by atoms with Crippen LogP contribution in [0, 0.1) is 5.82 Å². The highest BCUT2D eigenvalue weighted by Crippen LogP contribution is 2.39. The maximum absolute atomic E-state index is 13.0. The van der Waals surface area contributed by atoms with Gasteiger partial charge >= 0.3 is 5.97 Å². The monoisotopic (exact) mass is 342 g/mol. The van der Waals surface area contributed by atoms with E-state index in [1.165, 1.54) is 18.2 Å². The number of halogens is 1. The number of carbonyl (C=O) groups excluding carboxylic acids is 1. The van der Waals surface area contributed by atoms with E-state index < -0.39 is 11.8 Å². The number of pyridine rings is 2. The van der Waals surface area contributed by atoms with Crippen molar-refractivity contribution in [3.8, 4) is 0 Å². The van der Waals surface area contributed by atoms with Crippen molar-refractivity contribution in [3.63, 3.8) is 0 Å². The number of hydrogen-bond acceptors (Lipinski definition) is 5. The topological polar surface area (TPSA) is 86.6 Å². The molecule has 1 fully saturated rings. The van der Waals surface area contributed by atoms with Gasteiger partial charge < -0.3 is 10.0 Å². The summed E-state index contributed by atoms with van der Waals surface area (Å²) < 4.78 is 13.0. The smallest absolute Gasteiger partial charge is 0.354 e. The van der Waals surface area contributed by atoms with Crippen molar-refractivity contribution in [1.82, 2.24) is 9.97 Å². The minimum Gasteiger partial charge on any atom is -0.477 e. The minimum absolute atomic E-state index is 0.00913. The van der Waals surface area contributed by atoms with E-state index in [4.69, 9.17) is 0 Å². The first-order valence-electron chi connectivity index (χ1n) is 7.94. The van der Waals surface area contributed by atoms with E-state index in [2.05, 4.69) is 14.9 Å². The summed E-state index contributed by atoms with van der Waals surface area (Å²) in [6.07, 6.45) is 1.88. The number of carboxylic acid groups (broad SMARTS) is 1. The van der Waals surface area contributed by atoms with Crippen LogP contribution in [0.5, 0.6) is 0 Å². The van der Waals surface area contributed by atoms with Crippen LogP contribution in [0.3, 0.4) is 0 Å². The summed E-state index contributed by atoms with van der Waals surface area (Å²) in [6.45, 7) is 1.49. The third kappa shape index (κ3) is 2.69. The molecule has 1 amide bonds. The summed E-state index contributed by atoms with van der Waals surface area (Å²) in [5.74, 6) is -1.44. The molecule has 2 aliphatic heterocycles. The molecule has 1 unspecified atom stereocenters. The molecule has 0 spiro atoms. The van der Waals surface area contributed by atoms with Crippen molar-refractivity contribution < 1.29 is 19.1 Å². The normalized spacial score (nSPS) is 18.2. The second kappa shape index (κ2) is 5.80. The van der Waals surface area contributed by atoms with E-state index in [1.807, 2.05) is 0 Å². The maximum Gasteiger partial charge on any atom is 0.354 e. The highest BCUT2D eigenvalue weighted by atomic mass is 19.1. The van der Waals surface area contributed by atoms with Crippen LogP contribution in [0.15, 0.2) is 30.5 Å². The van der Waals surface area contributed by atoms with Crippen LogP contribution < -0.4 is 9.80 Å². The Morgan fingerprint density at radius 2 is 2.12 bits per heavy atom. The molecule has 1 saturated heterocycles. The van der Waals surface area contributed by atoms with Crippen LogP contribution in [0.4, 0.5) is 15.9 Å². The number of amides is 1. The molecule has 2 aliphatic rings. The van der Waals surface area contributed by atoms with Gasteiger partial charge in [0.05, 0.1) is 24.3 Å². The number of aromatic nitrogens is 2. The zero-order valence-electron chi connectivity index (χ0n) is 13.2. The van der Waals surface area contributed by atoms with Crippen LogP contribution in [0.1, 0.15) is 22.6 Å². The number of rotatable bonds is 3. The summed E-state index contributed by atoms with van der Waals surface area (Å²) in [5.41, 5.74) is 1.13. The second-order valence-electron chi connectivity index (χ2n) is 6.14. The minimum atomic E-state index is -1.14. The van der Waals surface area contributed by atoms with E-state index in [-0.39, 0.29) is 24.1 Å². The van der Waals surface area contributed by atoms with Gasteiger partial charge in [-0.05, 0) is 30.7 Å². The van der Waals surface area contributed by atoms with Gasteiger partial charge in [-0.3, -0.25) is 14.7 Å². The molecule has 2 bridgehead atoms. The first-order chi connectivity index (χ1) is 12.0. The number of carboxylic acids is 1. The number of carbonyl (C=O) groups is 2. The molecular weight excluding hydrogens is 327 g/mol. The van der Waals surface area contributed by atoms with Gasteiger partial charge in [0.25, 0.3) is 0 Å². The van der Waals surface area contributed by atoms with Crippen molar-refractivity contribution in [2.24, 2.45) is 0 Å². The van der Waals surface area contributed by atoms with Crippen molar-refractivity contribution >= 4 is 23.4 Å². The molecule has 0 aromatic carbocycles. The Hall–Kier alpha value is -3.03. The molecule has 4 rings (SSSR count). The van der Waals surface area contributed by atoms with Gasteiger partial charge in [0.1, 0.15) is 5.82 Å². The average Bonchev–Trinajstić information content (AvgIpc) is 3.01. The molecular formula is C17H15FN4O3. The van der Waals surface area contributed by atoms with Crippen LogP contribution in [-0.4, -0.2) is 46.1 Å². The lowest BCUT2D eigenvalue weighted by molar-refractivity contribution is -0.118. The van der Waals surface area contributed by atoms with Crippen molar-refractivity contribution in [1.29, 1.82) is 0 Å². The molecule has 2 aromatic heterocycles. The number of anilines is 2. The third-order valence-electron chi connectivity index (χ3n) is 4.56. The summed E-state index contributed by atoms with van der Waals surface area (Å²) >= 11 is 0. The fraction of sp³-hybridized carbons (Fsp3) is 0.294. The second-order valence-corrected chi connectivity index (χ2v) is 6.14. The van der Waals surface area contributed by atoms with Gasteiger partial charge in [-0.25, -0.2) is 14.2 Å². The Morgan fingerprint density at radius 3 is 2.84 bits per heavy atom. The van der Waals surface area contributed by atoms with Gasteiger partial charge in [-0.15, -0.1) is 0 Å². The number of hydrogen-bond donors (Lipinski definition) is 1. The molecule has 128 valence electrons. The SMILES string of the molecule is O=C(O)c1ccc2c(n1)N(C(=O)Cc1ccc(F)cn1)C1CCN2C1. The molecule has 1 atom stereocenters. The zero-order valence-corrected chi connectivity index (χ0v) is 13.2. The Labute approximate surface area is 142 Å². The van der Waals surface area contributed by atoms with Gasteiger partial charge in [0.15, 0.2) is 11.5 Å². The fourth-order valence-corrected chi connectivity index (χ4v) is 3.40. The molecule has 0 saturated carbocycles. The van der Waals surface area contributed by atoms with E-state index in [1.54, 1.807) is 11.0 Å². The Balaban J connectivity index is 1.69. The van der Waals surface area contributed by atoms with Gasteiger partial charge in [0.2, 0.25) is 5.91 Å². The quantitative estimate of drug-likeness (QED) is 0.909. The van der Waals surface area contributed by atoms with Crippen molar-refractivity contribution in [3.05, 3.63) is 47.7 Å². The predicted molar refractivity (Wildman–Crippen MR) is 87.2 cm³/mol. The van der Waals surface area contributed by atoms with E-state index in [0.29, 0.717) is 18.1 Å². The summed E-state index contributed by atoms with van der Waals surface area (Å²) in [5, 5.41) is 9.19. The van der Waals surface area contributed by atoms with Gasteiger partial charge in [-0.2, -0.15) is 0 Å². The average molecular weight is 342 g/mol. The number of aromatic carboxylic acids is 1. The summed E-state index contributed by atoms with van der Waals surface area (Å²) in [6, 6.07) is 5.84. The zero-order chi connectivity index (χ0) is 17.6. The Morgan fingerprint density at radius 1 is 1.28 bits per heavy atom. The lowest BCUT2D eigenvalue weighted by atomic mass is 10.1. The number of fused-ring (bicyclic) bond motifs is 4. The molecule has 2 aromatic rings. The van der Waals surface area contributed by atoms with Crippen molar-refractivity contribution in [2.45, 2.75) is 18.9 Å². The highest BCUT2D eigenvalue weighted by Gasteiger charge is 2.40. The summed E-state index contributed by atoms with van der Waals surface area (Å²) in [7, 11) is 0. The largest absolute Gasteiger partial charge is 0.477 e. The number of nitrogens with zero attached hydrogens (tertiary/aromatic N) is 4. The summed E-state index contributed by atoms with van der Waals surface area (Å²) in [4.78, 5) is 35.9. The standard InChI is InChI=1S/C17H15FN4O3/c18-10-1-2-11(19-8-10)7-15(23)22-12-5-6-21(9-12)14-4-3-13(17(24)25)20-16(14)22/h1-4,8,12H,5-7,9H2,(H,24,25). The third-order valence-corrected chi connectivity index (χ3v) is 4.56. The van der Waals surface area contributed by atoms with Crippen LogP contribution in [0.2, 0.25) is 0 Å². The van der Waals surface area contributed by atoms with E-state index in [9.17, 15) is 19.1 Å². The van der Waals surface area contributed by atoms with Gasteiger partial charge in [0, 0.05) is 18.8 Å². The molecule has 1 N–H and O–H groups in total. The molecule has 7 nitrogen and oxygen atoms in total. The maximum atomic E-state index is 13.0. The van der Waals surface area contributed by atoms with E-state index >= 15 is 0 Å². The molecule has 8 heteroatoms. The molecule has 4 heterocycles. The van der Waals surface area contributed by atoms with Crippen LogP contribution >= 0.6 is 0 Å². The van der Waals surface area contributed by atoms with E-state index in [0.717, 1.165) is 24.8 Å². The highest BCUT2D eigenvalue weighted by molar-refractivity contribution is 5.99. The van der Waals surface area contributed by atoms with Gasteiger partial charge in [-0.1, -0.05) is 0 Å². The lowest BCUT2D eigenvalue weighted by Crippen LogP contribution is -2.47. The molecule has 0 radical (unpaired) electrons. The lowest BCUT2D eigenvalue weighted by Gasteiger charge is -2.35. The first kappa shape index (κ1) is 15.5. The van der Waals surface area contributed by atoms with Crippen LogP contribution in [0.25, 0.3) is 0 Å². The Bertz CT molecular complexity index is 855. The molecule has 25 heavy (non-hydrogen) atoms. The molecule has 0 aliphatic carbocycles. The predicted octanol–water partition coefficient (Wildman–Crippen LogP) is 1.48. The van der Waals surface area contributed by atoms with Crippen molar-refractivity contribution in [2.75, 3.05) is 22.9 Å². The fourth-order valence-electron chi connectivity index (χ4n) is 3.40. The first-order valence-corrected chi connectivity index (χ1v) is 7.94. The Kier molecular flexibility index (Phi) is 3.60. The van der Waals surface area contributed by atoms with Crippen LogP contribution in [-0.2, 0) is 11.2 Å².